The summed E-state index contributed by atoms with van der Waals surface area (Å²) in [6.45, 7) is -0.250. The first kappa shape index (κ1) is 21.9. The minimum absolute atomic E-state index is 0.201. The molecule has 5 nitrogen and oxygen atoms in total. The third-order valence-corrected chi connectivity index (χ3v) is 6.40. The molecule has 1 N–H and O–H groups in total. The predicted molar refractivity (Wildman–Crippen MR) is 126 cm³/mol. The van der Waals surface area contributed by atoms with Gasteiger partial charge in [-0.25, -0.2) is 9.37 Å². The van der Waals surface area contributed by atoms with Gasteiger partial charge in [-0.3, -0.25) is 4.79 Å². The van der Waals surface area contributed by atoms with Crippen molar-refractivity contribution in [1.29, 1.82) is 0 Å². The van der Waals surface area contributed by atoms with E-state index in [9.17, 15) is 4.39 Å². The molecular formula is C28H24FNO4. The zero-order chi connectivity index (χ0) is 23.5. The number of carbonyl (C=O) groups is 1. The van der Waals surface area contributed by atoms with Crippen molar-refractivity contribution >= 4 is 6.47 Å². The maximum Gasteiger partial charge on any atom is 0.290 e. The Morgan fingerprint density at radius 3 is 2.38 bits per heavy atom. The fourth-order valence-corrected chi connectivity index (χ4v) is 4.72. The molecule has 4 aromatic rings. The van der Waals surface area contributed by atoms with Crippen molar-refractivity contribution in [2.24, 2.45) is 0 Å². The molecule has 3 aromatic carbocycles. The molecule has 1 heterocycles. The lowest BCUT2D eigenvalue weighted by Crippen LogP contribution is -2.06. The largest absolute Gasteiger partial charge is 0.486 e. The minimum Gasteiger partial charge on any atom is -0.486 e. The van der Waals surface area contributed by atoms with E-state index in [1.54, 1.807) is 12.3 Å². The molecule has 1 atom stereocenters. The molecule has 1 saturated carbocycles. The van der Waals surface area contributed by atoms with Crippen LogP contribution in [0.15, 0.2) is 77.7 Å². The van der Waals surface area contributed by atoms with E-state index >= 15 is 0 Å². The van der Waals surface area contributed by atoms with Crippen molar-refractivity contribution < 1.29 is 23.4 Å². The Kier molecular flexibility index (Phi) is 6.12. The van der Waals surface area contributed by atoms with Crippen LogP contribution in [0.4, 0.5) is 4.39 Å². The van der Waals surface area contributed by atoms with E-state index in [4.69, 9.17) is 19.1 Å². The van der Waals surface area contributed by atoms with Crippen LogP contribution < -0.4 is 4.74 Å². The summed E-state index contributed by atoms with van der Waals surface area (Å²) < 4.78 is 26.8. The normalized spacial score (nSPS) is 16.3. The van der Waals surface area contributed by atoms with Gasteiger partial charge in [0, 0.05) is 11.1 Å². The monoisotopic (exact) mass is 457 g/mol. The number of hydrogen-bond donors (Lipinski definition) is 1. The molecule has 0 spiro atoms. The Labute approximate surface area is 196 Å². The fourth-order valence-electron chi connectivity index (χ4n) is 4.72. The van der Waals surface area contributed by atoms with Crippen molar-refractivity contribution in [3.05, 3.63) is 95.8 Å². The fraction of sp³-hybridized carbons (Fsp3) is 0.214. The molecule has 1 unspecified atom stereocenters. The first-order chi connectivity index (χ1) is 16.7. The molecule has 0 bridgehead atoms. The SMILES string of the molecule is Fc1ccc(-c2ccccc2-c2cnco2)c2c1C(Oc1ccc(C3CC3)cc1)CC2.O=CO. The summed E-state index contributed by atoms with van der Waals surface area (Å²) in [7, 11) is 0. The van der Waals surface area contributed by atoms with Gasteiger partial charge in [0.05, 0.1) is 6.20 Å². The maximum absolute atomic E-state index is 15.0. The van der Waals surface area contributed by atoms with Crippen molar-refractivity contribution in [3.63, 3.8) is 0 Å². The van der Waals surface area contributed by atoms with Gasteiger partial charge < -0.3 is 14.3 Å². The van der Waals surface area contributed by atoms with E-state index in [2.05, 4.69) is 23.2 Å². The van der Waals surface area contributed by atoms with Crippen LogP contribution in [0.5, 0.6) is 5.75 Å². The van der Waals surface area contributed by atoms with Gasteiger partial charge in [-0.2, -0.15) is 0 Å². The minimum atomic E-state index is -0.279. The number of carboxylic acid groups (broad SMARTS) is 1. The van der Waals surface area contributed by atoms with Crippen molar-refractivity contribution in [2.75, 3.05) is 0 Å². The third kappa shape index (κ3) is 4.31. The number of benzene rings is 3. The summed E-state index contributed by atoms with van der Waals surface area (Å²) in [5, 5.41) is 6.89. The van der Waals surface area contributed by atoms with Crippen LogP contribution in [0.2, 0.25) is 0 Å². The quantitative estimate of drug-likeness (QED) is 0.334. The van der Waals surface area contributed by atoms with Crippen LogP contribution in [-0.4, -0.2) is 16.6 Å². The third-order valence-electron chi connectivity index (χ3n) is 6.40. The smallest absolute Gasteiger partial charge is 0.290 e. The number of rotatable bonds is 5. The highest BCUT2D eigenvalue weighted by Gasteiger charge is 2.31. The summed E-state index contributed by atoms with van der Waals surface area (Å²) in [5.74, 6) is 2.02. The number of fused-ring (bicyclic) bond motifs is 1. The summed E-state index contributed by atoms with van der Waals surface area (Å²) in [6.07, 6.45) is 6.95. The van der Waals surface area contributed by atoms with Crippen LogP contribution in [0, 0.1) is 5.82 Å². The highest BCUT2D eigenvalue weighted by Crippen LogP contribution is 2.44. The van der Waals surface area contributed by atoms with Gasteiger partial charge in [-0.15, -0.1) is 0 Å². The van der Waals surface area contributed by atoms with E-state index in [0.29, 0.717) is 17.2 Å². The number of ether oxygens (including phenoxy) is 1. The van der Waals surface area contributed by atoms with Gasteiger partial charge >= 0.3 is 0 Å². The molecule has 172 valence electrons. The Morgan fingerprint density at radius 2 is 1.71 bits per heavy atom. The van der Waals surface area contributed by atoms with Crippen molar-refractivity contribution in [3.8, 4) is 28.2 Å². The van der Waals surface area contributed by atoms with Gasteiger partial charge in [-0.05, 0) is 72.1 Å². The Morgan fingerprint density at radius 1 is 0.971 bits per heavy atom. The zero-order valence-electron chi connectivity index (χ0n) is 18.5. The van der Waals surface area contributed by atoms with E-state index in [1.807, 2.05) is 36.4 Å². The predicted octanol–water partition coefficient (Wildman–Crippen LogP) is 6.79. The van der Waals surface area contributed by atoms with E-state index in [-0.39, 0.29) is 18.4 Å². The second-order valence-corrected chi connectivity index (χ2v) is 8.49. The summed E-state index contributed by atoms with van der Waals surface area (Å²) in [6, 6.07) is 19.8. The van der Waals surface area contributed by atoms with E-state index in [0.717, 1.165) is 40.8 Å². The number of oxazole rings is 1. The van der Waals surface area contributed by atoms with Crippen LogP contribution in [0.25, 0.3) is 22.5 Å². The summed E-state index contributed by atoms with van der Waals surface area (Å²) >= 11 is 0. The van der Waals surface area contributed by atoms with Crippen LogP contribution in [0.1, 0.15) is 48.0 Å². The molecule has 34 heavy (non-hydrogen) atoms. The van der Waals surface area contributed by atoms with Gasteiger partial charge in [-0.1, -0.05) is 42.5 Å². The molecule has 0 amide bonds. The molecule has 1 fully saturated rings. The second-order valence-electron chi connectivity index (χ2n) is 8.49. The lowest BCUT2D eigenvalue weighted by Gasteiger charge is -2.17. The topological polar surface area (TPSA) is 72.6 Å². The standard InChI is InChI=1S/C27H22FNO2.CH2O2/c28-24-13-11-21(20-3-1-2-4-22(20)26-15-29-16-30-26)23-12-14-25(27(23)24)31-19-9-7-18(8-10-19)17-5-6-17;2-1-3/h1-4,7-11,13,15-17,25H,5-6,12,14H2;1H,(H,2,3). The number of nitrogens with zero attached hydrogens (tertiary/aromatic N) is 1. The number of halogens is 1. The molecule has 0 radical (unpaired) electrons. The lowest BCUT2D eigenvalue weighted by molar-refractivity contribution is -0.122. The summed E-state index contributed by atoms with van der Waals surface area (Å²) in [4.78, 5) is 12.4. The highest BCUT2D eigenvalue weighted by molar-refractivity contribution is 5.83. The van der Waals surface area contributed by atoms with Crippen molar-refractivity contribution in [2.45, 2.75) is 37.7 Å². The molecule has 2 aliphatic rings. The molecule has 0 aliphatic heterocycles. The lowest BCUT2D eigenvalue weighted by atomic mass is 9.92. The van der Waals surface area contributed by atoms with Gasteiger partial charge in [0.25, 0.3) is 6.47 Å². The first-order valence-corrected chi connectivity index (χ1v) is 11.3. The molecule has 6 rings (SSSR count). The zero-order valence-corrected chi connectivity index (χ0v) is 18.5. The van der Waals surface area contributed by atoms with Gasteiger partial charge in [0.2, 0.25) is 0 Å². The Hall–Kier alpha value is -3.93. The molecule has 6 heteroatoms. The van der Waals surface area contributed by atoms with E-state index in [1.165, 1.54) is 24.8 Å². The van der Waals surface area contributed by atoms with E-state index < -0.39 is 0 Å². The molecule has 1 aromatic heterocycles. The van der Waals surface area contributed by atoms with Crippen LogP contribution in [0.3, 0.4) is 0 Å². The van der Waals surface area contributed by atoms with Gasteiger partial charge in [0.1, 0.15) is 17.7 Å². The van der Waals surface area contributed by atoms with Crippen molar-refractivity contribution in [1.82, 2.24) is 4.98 Å². The molecular weight excluding hydrogens is 433 g/mol. The van der Waals surface area contributed by atoms with Gasteiger partial charge in [0.15, 0.2) is 12.2 Å². The Balaban J connectivity index is 0.000000764. The summed E-state index contributed by atoms with van der Waals surface area (Å²) in [5.41, 5.74) is 6.07. The number of hydrogen-bond acceptors (Lipinski definition) is 4. The Bertz CT molecular complexity index is 1280. The highest BCUT2D eigenvalue weighted by atomic mass is 19.1. The second kappa shape index (κ2) is 9.51. The van der Waals surface area contributed by atoms with Crippen LogP contribution in [-0.2, 0) is 11.2 Å². The maximum atomic E-state index is 15.0. The van der Waals surface area contributed by atoms with Crippen LogP contribution >= 0.6 is 0 Å². The number of aromatic nitrogens is 1. The average molecular weight is 458 g/mol. The molecule has 0 saturated heterocycles. The first-order valence-electron chi connectivity index (χ1n) is 11.3. The average Bonchev–Trinajstić information content (AvgIpc) is 3.39. The molecule has 2 aliphatic carbocycles.